The first kappa shape index (κ1) is 15.8. The van der Waals surface area contributed by atoms with Gasteiger partial charge < -0.3 is 15.0 Å². The van der Waals surface area contributed by atoms with Crippen LogP contribution in [0.5, 0.6) is 5.88 Å². The molecule has 0 aliphatic carbocycles. The van der Waals surface area contributed by atoms with Crippen LogP contribution in [0.25, 0.3) is 11.0 Å². The zero-order valence-corrected chi connectivity index (χ0v) is 13.2. The van der Waals surface area contributed by atoms with E-state index < -0.39 is 0 Å². The Morgan fingerprint density at radius 3 is 2.62 bits per heavy atom. The van der Waals surface area contributed by atoms with Gasteiger partial charge in [0.1, 0.15) is 0 Å². The normalized spacial score (nSPS) is 17.5. The van der Waals surface area contributed by atoms with Crippen LogP contribution in [0.15, 0.2) is 24.3 Å². The second-order valence-electron chi connectivity index (χ2n) is 5.03. The summed E-state index contributed by atoms with van der Waals surface area (Å²) in [7, 11) is 2.07. The first-order valence-electron chi connectivity index (χ1n) is 7.12. The summed E-state index contributed by atoms with van der Waals surface area (Å²) in [4.78, 5) is 11.5. The summed E-state index contributed by atoms with van der Waals surface area (Å²) in [5.41, 5.74) is 1.78. The number of nitrogens with zero attached hydrogens (tertiary/aromatic N) is 3. The summed E-state index contributed by atoms with van der Waals surface area (Å²) < 4.78 is 5.69. The van der Waals surface area contributed by atoms with Crippen LogP contribution in [-0.4, -0.2) is 42.8 Å². The highest BCUT2D eigenvalue weighted by atomic mass is 35.5. The van der Waals surface area contributed by atoms with Crippen LogP contribution in [0.4, 0.5) is 5.82 Å². The topological polar surface area (TPSA) is 50.3 Å². The predicted octanol–water partition coefficient (Wildman–Crippen LogP) is 2.25. The van der Waals surface area contributed by atoms with Gasteiger partial charge in [0.15, 0.2) is 5.82 Å². The van der Waals surface area contributed by atoms with Crippen molar-refractivity contribution in [1.29, 1.82) is 0 Å². The van der Waals surface area contributed by atoms with E-state index in [0.717, 1.165) is 36.4 Å². The smallest absolute Gasteiger partial charge is 0.258 e. The van der Waals surface area contributed by atoms with Crippen LogP contribution in [0, 0.1) is 0 Å². The summed E-state index contributed by atoms with van der Waals surface area (Å²) in [5.74, 6) is 1.46. The van der Waals surface area contributed by atoms with E-state index in [0.29, 0.717) is 18.5 Å². The summed E-state index contributed by atoms with van der Waals surface area (Å²) >= 11 is 0. The molecule has 1 aromatic carbocycles. The van der Waals surface area contributed by atoms with E-state index in [1.165, 1.54) is 0 Å². The van der Waals surface area contributed by atoms with Crippen molar-refractivity contribution in [2.45, 2.75) is 19.4 Å². The van der Waals surface area contributed by atoms with Crippen LogP contribution in [0.2, 0.25) is 0 Å². The molecule has 1 N–H and O–H groups in total. The second kappa shape index (κ2) is 6.91. The van der Waals surface area contributed by atoms with Crippen molar-refractivity contribution in [3.8, 4) is 5.88 Å². The molecule has 6 heteroatoms. The van der Waals surface area contributed by atoms with E-state index in [9.17, 15) is 0 Å². The number of halogens is 1. The highest BCUT2D eigenvalue weighted by Gasteiger charge is 2.24. The molecule has 0 amide bonds. The summed E-state index contributed by atoms with van der Waals surface area (Å²) in [5, 5.41) is 3.38. The monoisotopic (exact) mass is 308 g/mol. The lowest BCUT2D eigenvalue weighted by Gasteiger charge is -2.26. The van der Waals surface area contributed by atoms with Crippen molar-refractivity contribution < 1.29 is 4.74 Å². The molecule has 0 radical (unpaired) electrons. The Hall–Kier alpha value is -1.59. The van der Waals surface area contributed by atoms with Gasteiger partial charge in [-0.3, -0.25) is 0 Å². The lowest BCUT2D eigenvalue weighted by atomic mass is 10.2. The number of anilines is 1. The molecule has 114 valence electrons. The van der Waals surface area contributed by atoms with Gasteiger partial charge in [-0.2, -0.15) is 0 Å². The number of hydrogen-bond acceptors (Lipinski definition) is 5. The second-order valence-corrected chi connectivity index (χ2v) is 5.03. The Balaban J connectivity index is 0.00000161. The number of ether oxygens (including phenoxy) is 1. The maximum atomic E-state index is 5.69. The van der Waals surface area contributed by atoms with Crippen molar-refractivity contribution in [1.82, 2.24) is 15.3 Å². The minimum Gasteiger partial charge on any atom is -0.475 e. The molecule has 1 atom stereocenters. The van der Waals surface area contributed by atoms with E-state index in [1.54, 1.807) is 0 Å². The number of para-hydroxylation sites is 2. The molecule has 1 aromatic heterocycles. The molecule has 0 unspecified atom stereocenters. The number of rotatable bonds is 4. The van der Waals surface area contributed by atoms with Crippen molar-refractivity contribution in [3.63, 3.8) is 0 Å². The summed E-state index contributed by atoms with van der Waals surface area (Å²) in [6.45, 7) is 4.60. The summed E-state index contributed by atoms with van der Waals surface area (Å²) in [6.07, 6.45) is 1.12. The number of benzene rings is 1. The van der Waals surface area contributed by atoms with Gasteiger partial charge in [0, 0.05) is 19.6 Å². The molecule has 21 heavy (non-hydrogen) atoms. The molecule has 1 saturated heterocycles. The third-order valence-electron chi connectivity index (χ3n) is 3.72. The SMILES string of the molecule is CCOc1nc2ccccc2nc1N(C)[C@@H]1CCNC1.Cl. The van der Waals surface area contributed by atoms with Gasteiger partial charge >= 0.3 is 0 Å². The third-order valence-corrected chi connectivity index (χ3v) is 3.72. The molecule has 1 aliphatic rings. The molecule has 1 fully saturated rings. The number of aromatic nitrogens is 2. The first-order valence-corrected chi connectivity index (χ1v) is 7.12. The van der Waals surface area contributed by atoms with E-state index in [2.05, 4.69) is 22.2 Å². The van der Waals surface area contributed by atoms with Crippen LogP contribution in [0.1, 0.15) is 13.3 Å². The van der Waals surface area contributed by atoms with Gasteiger partial charge in [0.2, 0.25) is 0 Å². The van der Waals surface area contributed by atoms with Crippen LogP contribution >= 0.6 is 12.4 Å². The van der Waals surface area contributed by atoms with E-state index in [4.69, 9.17) is 9.72 Å². The first-order chi connectivity index (χ1) is 9.79. The fraction of sp³-hybridized carbons (Fsp3) is 0.467. The van der Waals surface area contributed by atoms with Gasteiger partial charge in [-0.25, -0.2) is 9.97 Å². The fourth-order valence-electron chi connectivity index (χ4n) is 2.58. The molecule has 2 aromatic rings. The fourth-order valence-corrected chi connectivity index (χ4v) is 2.58. The predicted molar refractivity (Wildman–Crippen MR) is 87.6 cm³/mol. The highest BCUT2D eigenvalue weighted by Crippen LogP contribution is 2.28. The molecule has 2 heterocycles. The average Bonchev–Trinajstić information content (AvgIpc) is 3.00. The van der Waals surface area contributed by atoms with Crippen molar-refractivity contribution in [3.05, 3.63) is 24.3 Å². The van der Waals surface area contributed by atoms with E-state index in [1.807, 2.05) is 31.2 Å². The molecule has 0 bridgehead atoms. The minimum absolute atomic E-state index is 0. The van der Waals surface area contributed by atoms with Crippen molar-refractivity contribution in [2.24, 2.45) is 0 Å². The Kier molecular flexibility index (Phi) is 5.20. The minimum atomic E-state index is 0. The number of hydrogen-bond donors (Lipinski definition) is 1. The highest BCUT2D eigenvalue weighted by molar-refractivity contribution is 5.85. The Morgan fingerprint density at radius 1 is 1.29 bits per heavy atom. The largest absolute Gasteiger partial charge is 0.475 e. The lowest BCUT2D eigenvalue weighted by molar-refractivity contribution is 0.326. The van der Waals surface area contributed by atoms with Gasteiger partial charge in [0.05, 0.1) is 17.6 Å². The Bertz CT molecular complexity index is 601. The van der Waals surface area contributed by atoms with Crippen LogP contribution in [-0.2, 0) is 0 Å². The van der Waals surface area contributed by atoms with Crippen LogP contribution < -0.4 is 15.0 Å². The molecule has 1 aliphatic heterocycles. The standard InChI is InChI=1S/C15H20N4O.ClH/c1-3-20-15-14(19(2)11-8-9-16-10-11)17-12-6-4-5-7-13(12)18-15;/h4-7,11,16H,3,8-10H2,1-2H3;1H/t11-;/m1./s1. The van der Waals surface area contributed by atoms with Crippen molar-refractivity contribution >= 4 is 29.3 Å². The number of fused-ring (bicyclic) bond motifs is 1. The van der Waals surface area contributed by atoms with Gasteiger partial charge in [-0.05, 0) is 32.0 Å². The summed E-state index contributed by atoms with van der Waals surface area (Å²) in [6, 6.07) is 8.35. The third kappa shape index (κ3) is 3.19. The lowest BCUT2D eigenvalue weighted by Crippen LogP contribution is -2.34. The van der Waals surface area contributed by atoms with E-state index >= 15 is 0 Å². The number of likely N-dealkylation sites (N-methyl/N-ethyl adjacent to an activating group) is 1. The van der Waals surface area contributed by atoms with Gasteiger partial charge in [0.25, 0.3) is 5.88 Å². The van der Waals surface area contributed by atoms with Gasteiger partial charge in [-0.1, -0.05) is 12.1 Å². The van der Waals surface area contributed by atoms with Crippen molar-refractivity contribution in [2.75, 3.05) is 31.6 Å². The number of nitrogens with one attached hydrogen (secondary N) is 1. The molecular weight excluding hydrogens is 288 g/mol. The molecule has 0 saturated carbocycles. The maximum absolute atomic E-state index is 5.69. The average molecular weight is 309 g/mol. The van der Waals surface area contributed by atoms with Crippen LogP contribution in [0.3, 0.4) is 0 Å². The quantitative estimate of drug-likeness (QED) is 0.939. The molecule has 3 rings (SSSR count). The van der Waals surface area contributed by atoms with Gasteiger partial charge in [-0.15, -0.1) is 12.4 Å². The Labute approximate surface area is 131 Å². The molecular formula is C15H21ClN4O. The maximum Gasteiger partial charge on any atom is 0.258 e. The Morgan fingerprint density at radius 2 is 2.00 bits per heavy atom. The molecule has 5 nitrogen and oxygen atoms in total. The van der Waals surface area contributed by atoms with E-state index in [-0.39, 0.29) is 12.4 Å². The zero-order chi connectivity index (χ0) is 13.9. The molecule has 0 spiro atoms. The zero-order valence-electron chi connectivity index (χ0n) is 12.4.